The van der Waals surface area contributed by atoms with Gasteiger partial charge in [-0.3, -0.25) is 0 Å². The zero-order valence-electron chi connectivity index (χ0n) is 9.69. The fourth-order valence-corrected chi connectivity index (χ4v) is 2.51. The Morgan fingerprint density at radius 1 is 1.31 bits per heavy atom. The Morgan fingerprint density at radius 2 is 2.19 bits per heavy atom. The molecule has 0 fully saturated rings. The Hall–Kier alpha value is -1.06. The van der Waals surface area contributed by atoms with Gasteiger partial charge in [0.25, 0.3) is 0 Å². The van der Waals surface area contributed by atoms with Crippen molar-refractivity contribution in [3.63, 3.8) is 0 Å². The van der Waals surface area contributed by atoms with Gasteiger partial charge in [-0.05, 0) is 23.6 Å². The molecule has 86 valence electrons. The van der Waals surface area contributed by atoms with Crippen molar-refractivity contribution in [2.75, 3.05) is 6.54 Å². The Bertz CT molecular complexity index is 403. The van der Waals surface area contributed by atoms with E-state index < -0.39 is 0 Å². The summed E-state index contributed by atoms with van der Waals surface area (Å²) in [6.45, 7) is 6.26. The van der Waals surface area contributed by atoms with Crippen LogP contribution in [0.5, 0.6) is 0 Å². The van der Waals surface area contributed by atoms with Crippen molar-refractivity contribution < 1.29 is 4.42 Å². The number of furan rings is 1. The van der Waals surface area contributed by atoms with Crippen molar-refractivity contribution in [1.82, 2.24) is 5.32 Å². The number of hydrogen-bond donors (Lipinski definition) is 1. The number of rotatable bonds is 5. The topological polar surface area (TPSA) is 25.2 Å². The molecule has 0 aliphatic rings. The molecule has 0 bridgehead atoms. The van der Waals surface area contributed by atoms with E-state index in [2.05, 4.69) is 36.7 Å². The van der Waals surface area contributed by atoms with Gasteiger partial charge in [-0.25, -0.2) is 0 Å². The van der Waals surface area contributed by atoms with E-state index in [0.717, 1.165) is 18.8 Å². The molecule has 0 aromatic carbocycles. The van der Waals surface area contributed by atoms with E-state index in [-0.39, 0.29) is 5.41 Å². The lowest BCUT2D eigenvalue weighted by Gasteiger charge is -2.23. The van der Waals surface area contributed by atoms with Crippen LogP contribution in [0, 0.1) is 0 Å². The molecule has 0 radical (unpaired) electrons. The molecule has 3 heteroatoms. The van der Waals surface area contributed by atoms with Crippen molar-refractivity contribution in [2.24, 2.45) is 0 Å². The molecule has 0 amide bonds. The molecule has 2 aromatic heterocycles. The monoisotopic (exact) mass is 235 g/mol. The lowest BCUT2D eigenvalue weighted by atomic mass is 9.91. The predicted octanol–water partition coefficient (Wildman–Crippen LogP) is 3.41. The molecule has 0 saturated carbocycles. The van der Waals surface area contributed by atoms with Gasteiger partial charge in [0.05, 0.1) is 12.8 Å². The Balaban J connectivity index is 1.85. The molecule has 2 nitrogen and oxygen atoms in total. The van der Waals surface area contributed by atoms with Crippen LogP contribution in [0.1, 0.15) is 24.5 Å². The maximum atomic E-state index is 5.28. The van der Waals surface area contributed by atoms with Crippen LogP contribution in [0.25, 0.3) is 0 Å². The highest BCUT2D eigenvalue weighted by molar-refractivity contribution is 7.10. The van der Waals surface area contributed by atoms with Crippen molar-refractivity contribution in [3.8, 4) is 0 Å². The van der Waals surface area contributed by atoms with Gasteiger partial charge in [-0.1, -0.05) is 19.9 Å². The number of nitrogens with one attached hydrogen (secondary N) is 1. The molecule has 0 aliphatic heterocycles. The van der Waals surface area contributed by atoms with Crippen molar-refractivity contribution in [1.29, 1.82) is 0 Å². The first-order valence-electron chi connectivity index (χ1n) is 5.45. The quantitative estimate of drug-likeness (QED) is 0.859. The molecule has 2 aromatic rings. The Labute approximate surface area is 100 Å². The summed E-state index contributed by atoms with van der Waals surface area (Å²) in [5, 5.41) is 5.56. The van der Waals surface area contributed by atoms with Crippen LogP contribution in [0.15, 0.2) is 40.3 Å². The first-order valence-corrected chi connectivity index (χ1v) is 6.33. The third-order valence-corrected chi connectivity index (χ3v) is 3.87. The van der Waals surface area contributed by atoms with E-state index in [1.54, 1.807) is 6.26 Å². The largest absolute Gasteiger partial charge is 0.468 e. The molecule has 0 spiro atoms. The van der Waals surface area contributed by atoms with E-state index in [4.69, 9.17) is 4.42 Å². The average Bonchev–Trinajstić information content (AvgIpc) is 2.90. The smallest absolute Gasteiger partial charge is 0.117 e. The van der Waals surface area contributed by atoms with E-state index in [9.17, 15) is 0 Å². The van der Waals surface area contributed by atoms with Crippen LogP contribution >= 0.6 is 11.3 Å². The van der Waals surface area contributed by atoms with Gasteiger partial charge in [-0.15, -0.1) is 11.3 Å². The van der Waals surface area contributed by atoms with Gasteiger partial charge in [0.1, 0.15) is 5.76 Å². The van der Waals surface area contributed by atoms with E-state index in [1.807, 2.05) is 23.5 Å². The normalized spacial score (nSPS) is 11.9. The van der Waals surface area contributed by atoms with Crippen molar-refractivity contribution in [2.45, 2.75) is 25.8 Å². The highest BCUT2D eigenvalue weighted by Gasteiger charge is 2.20. The van der Waals surface area contributed by atoms with Crippen LogP contribution in [-0.4, -0.2) is 6.54 Å². The van der Waals surface area contributed by atoms with Crippen LogP contribution in [-0.2, 0) is 12.0 Å². The van der Waals surface area contributed by atoms with E-state index >= 15 is 0 Å². The van der Waals surface area contributed by atoms with E-state index in [0.29, 0.717) is 0 Å². The summed E-state index contributed by atoms with van der Waals surface area (Å²) in [5.74, 6) is 0.988. The summed E-state index contributed by atoms with van der Waals surface area (Å²) in [4.78, 5) is 1.42. The fourth-order valence-electron chi connectivity index (χ4n) is 1.66. The van der Waals surface area contributed by atoms with Crippen molar-refractivity contribution >= 4 is 11.3 Å². The summed E-state index contributed by atoms with van der Waals surface area (Å²) in [5.41, 5.74) is 0.181. The van der Waals surface area contributed by atoms with Gasteiger partial charge < -0.3 is 9.73 Å². The third kappa shape index (κ3) is 2.74. The molecule has 2 heterocycles. The minimum absolute atomic E-state index is 0.181. The minimum atomic E-state index is 0.181. The molecule has 2 rings (SSSR count). The van der Waals surface area contributed by atoms with Gasteiger partial charge in [0.2, 0.25) is 0 Å². The fraction of sp³-hybridized carbons (Fsp3) is 0.385. The first kappa shape index (κ1) is 11.4. The molecule has 1 N–H and O–H groups in total. The maximum absolute atomic E-state index is 5.28. The lowest BCUT2D eigenvalue weighted by Crippen LogP contribution is -2.31. The summed E-state index contributed by atoms with van der Waals surface area (Å²) in [6.07, 6.45) is 1.71. The van der Waals surface area contributed by atoms with Crippen molar-refractivity contribution in [3.05, 3.63) is 46.5 Å². The molecule has 0 aliphatic carbocycles. The second-order valence-electron chi connectivity index (χ2n) is 4.54. The summed E-state index contributed by atoms with van der Waals surface area (Å²) in [6, 6.07) is 8.21. The van der Waals surface area contributed by atoms with Crippen LogP contribution in [0.4, 0.5) is 0 Å². The van der Waals surface area contributed by atoms with Crippen LogP contribution < -0.4 is 5.32 Å². The van der Waals surface area contributed by atoms with Gasteiger partial charge in [0.15, 0.2) is 0 Å². The third-order valence-electron chi connectivity index (χ3n) is 2.63. The minimum Gasteiger partial charge on any atom is -0.468 e. The highest BCUT2D eigenvalue weighted by atomic mass is 32.1. The molecule has 0 unspecified atom stereocenters. The molecular formula is C13H17NOS. The summed E-state index contributed by atoms with van der Waals surface area (Å²) >= 11 is 1.81. The lowest BCUT2D eigenvalue weighted by molar-refractivity contribution is 0.436. The van der Waals surface area contributed by atoms with Crippen LogP contribution in [0.2, 0.25) is 0 Å². The zero-order chi connectivity index (χ0) is 11.4. The standard InChI is InChI=1S/C13H17NOS/c1-13(2,12-6-4-8-16-12)10-14-9-11-5-3-7-15-11/h3-8,14H,9-10H2,1-2H3. The number of hydrogen-bond acceptors (Lipinski definition) is 3. The SMILES string of the molecule is CC(C)(CNCc1ccco1)c1cccs1. The molecule has 0 saturated heterocycles. The van der Waals surface area contributed by atoms with Gasteiger partial charge in [-0.2, -0.15) is 0 Å². The summed E-state index contributed by atoms with van der Waals surface area (Å²) in [7, 11) is 0. The Kier molecular flexibility index (Phi) is 3.46. The summed E-state index contributed by atoms with van der Waals surface area (Å²) < 4.78 is 5.28. The first-order chi connectivity index (χ1) is 7.68. The second kappa shape index (κ2) is 4.85. The molecule has 16 heavy (non-hydrogen) atoms. The molecular weight excluding hydrogens is 218 g/mol. The average molecular weight is 235 g/mol. The molecule has 0 atom stereocenters. The van der Waals surface area contributed by atoms with Gasteiger partial charge >= 0.3 is 0 Å². The Morgan fingerprint density at radius 3 is 2.81 bits per heavy atom. The zero-order valence-corrected chi connectivity index (χ0v) is 10.5. The second-order valence-corrected chi connectivity index (χ2v) is 5.49. The highest BCUT2D eigenvalue weighted by Crippen LogP contribution is 2.26. The maximum Gasteiger partial charge on any atom is 0.117 e. The van der Waals surface area contributed by atoms with Gasteiger partial charge in [0, 0.05) is 16.8 Å². The number of thiophene rings is 1. The predicted molar refractivity (Wildman–Crippen MR) is 67.8 cm³/mol. The van der Waals surface area contributed by atoms with Crippen LogP contribution in [0.3, 0.4) is 0 Å². The van der Waals surface area contributed by atoms with E-state index in [1.165, 1.54) is 4.88 Å².